The average Bonchev–Trinajstić information content (AvgIpc) is 2.67. The molecule has 0 radical (unpaired) electrons. The lowest BCUT2D eigenvalue weighted by Crippen LogP contribution is -2.41. The van der Waals surface area contributed by atoms with E-state index in [4.69, 9.17) is 9.47 Å². The number of nitrogens with zero attached hydrogens (tertiary/aromatic N) is 2. The van der Waals surface area contributed by atoms with Crippen molar-refractivity contribution < 1.29 is 14.3 Å². The third-order valence-electron chi connectivity index (χ3n) is 4.25. The zero-order valence-electron chi connectivity index (χ0n) is 13.9. The maximum absolute atomic E-state index is 12.6. The van der Waals surface area contributed by atoms with E-state index in [9.17, 15) is 4.79 Å². The van der Waals surface area contributed by atoms with Crippen LogP contribution in [0.5, 0.6) is 5.88 Å². The Labute approximate surface area is 142 Å². The number of benzene rings is 1. The Morgan fingerprint density at radius 2 is 1.92 bits per heavy atom. The molecule has 1 saturated heterocycles. The second kappa shape index (κ2) is 7.93. The van der Waals surface area contributed by atoms with Crippen molar-refractivity contribution in [2.24, 2.45) is 0 Å². The van der Waals surface area contributed by atoms with Gasteiger partial charge in [-0.05, 0) is 30.5 Å². The van der Waals surface area contributed by atoms with Crippen LogP contribution in [0.4, 0.5) is 0 Å². The van der Waals surface area contributed by atoms with Crippen LogP contribution in [0.1, 0.15) is 28.8 Å². The molecule has 0 spiro atoms. The van der Waals surface area contributed by atoms with Gasteiger partial charge in [0.2, 0.25) is 5.88 Å². The molecule has 0 N–H and O–H groups in total. The van der Waals surface area contributed by atoms with Gasteiger partial charge in [0, 0.05) is 19.3 Å². The maximum Gasteiger partial charge on any atom is 0.259 e. The molecule has 1 fully saturated rings. The molecule has 5 heteroatoms. The van der Waals surface area contributed by atoms with E-state index in [0.717, 1.165) is 12.8 Å². The van der Waals surface area contributed by atoms with Crippen LogP contribution in [-0.4, -0.2) is 42.1 Å². The minimum Gasteiger partial charge on any atom is -0.480 e. The van der Waals surface area contributed by atoms with Gasteiger partial charge in [-0.15, -0.1) is 0 Å². The number of aromatic nitrogens is 1. The normalized spacial score (nSPS) is 15.3. The predicted molar refractivity (Wildman–Crippen MR) is 90.9 cm³/mol. The summed E-state index contributed by atoms with van der Waals surface area (Å²) >= 11 is 0. The first kappa shape index (κ1) is 16.5. The molecule has 0 bridgehead atoms. The summed E-state index contributed by atoms with van der Waals surface area (Å²) in [5.41, 5.74) is 1.69. The molecule has 0 atom stereocenters. The van der Waals surface area contributed by atoms with Crippen molar-refractivity contribution in [3.05, 3.63) is 59.8 Å². The molecular weight excluding hydrogens is 304 g/mol. The maximum atomic E-state index is 12.6. The van der Waals surface area contributed by atoms with Gasteiger partial charge in [0.05, 0.1) is 19.8 Å². The minimum absolute atomic E-state index is 0.0264. The Morgan fingerprint density at radius 3 is 2.62 bits per heavy atom. The lowest BCUT2D eigenvalue weighted by Gasteiger charge is -2.32. The monoisotopic (exact) mass is 326 g/mol. The summed E-state index contributed by atoms with van der Waals surface area (Å²) in [5.74, 6) is 0.353. The molecule has 5 nitrogen and oxygen atoms in total. The molecule has 1 aromatic heterocycles. The van der Waals surface area contributed by atoms with Crippen molar-refractivity contribution in [1.82, 2.24) is 9.88 Å². The summed E-state index contributed by atoms with van der Waals surface area (Å²) < 4.78 is 11.2. The number of amides is 1. The van der Waals surface area contributed by atoms with Gasteiger partial charge in [-0.2, -0.15) is 0 Å². The van der Waals surface area contributed by atoms with Crippen molar-refractivity contribution in [1.29, 1.82) is 0 Å². The van der Waals surface area contributed by atoms with E-state index in [1.165, 1.54) is 12.7 Å². The number of carbonyl (C=O) groups excluding carboxylic acids is 1. The van der Waals surface area contributed by atoms with E-state index < -0.39 is 0 Å². The molecular formula is C19H22N2O3. The standard InChI is InChI=1S/C19H22N2O3/c1-23-18-17(8-5-11-20-18)19(22)21-12-9-16(10-13-21)24-14-15-6-3-2-4-7-15/h2-8,11,16H,9-10,12-14H2,1H3. The van der Waals surface area contributed by atoms with Crippen molar-refractivity contribution >= 4 is 5.91 Å². The average molecular weight is 326 g/mol. The number of hydrogen-bond acceptors (Lipinski definition) is 4. The fourth-order valence-electron chi connectivity index (χ4n) is 2.90. The van der Waals surface area contributed by atoms with Crippen LogP contribution in [0.25, 0.3) is 0 Å². The number of carbonyl (C=O) groups is 1. The molecule has 2 aromatic rings. The highest BCUT2D eigenvalue weighted by molar-refractivity contribution is 5.96. The topological polar surface area (TPSA) is 51.7 Å². The fourth-order valence-corrected chi connectivity index (χ4v) is 2.90. The van der Waals surface area contributed by atoms with Gasteiger partial charge >= 0.3 is 0 Å². The summed E-state index contributed by atoms with van der Waals surface area (Å²) in [5, 5.41) is 0. The number of pyridine rings is 1. The van der Waals surface area contributed by atoms with E-state index in [2.05, 4.69) is 17.1 Å². The Kier molecular flexibility index (Phi) is 5.43. The van der Waals surface area contributed by atoms with Crippen LogP contribution < -0.4 is 4.74 Å². The fraction of sp³-hybridized carbons (Fsp3) is 0.368. The summed E-state index contributed by atoms with van der Waals surface area (Å²) in [6, 6.07) is 13.7. The van der Waals surface area contributed by atoms with Crippen LogP contribution in [0.3, 0.4) is 0 Å². The predicted octanol–water partition coefficient (Wildman–Crippen LogP) is 2.91. The quantitative estimate of drug-likeness (QED) is 0.848. The van der Waals surface area contributed by atoms with E-state index in [-0.39, 0.29) is 12.0 Å². The summed E-state index contributed by atoms with van der Waals surface area (Å²) in [4.78, 5) is 18.6. The number of hydrogen-bond donors (Lipinski definition) is 0. The van der Waals surface area contributed by atoms with Gasteiger partial charge < -0.3 is 14.4 Å². The summed E-state index contributed by atoms with van der Waals surface area (Å²) in [6.45, 7) is 2.00. The van der Waals surface area contributed by atoms with Crippen LogP contribution >= 0.6 is 0 Å². The SMILES string of the molecule is COc1ncccc1C(=O)N1CCC(OCc2ccccc2)CC1. The zero-order valence-corrected chi connectivity index (χ0v) is 13.9. The molecule has 1 aromatic carbocycles. The van der Waals surface area contributed by atoms with Gasteiger partial charge in [0.15, 0.2) is 0 Å². The number of piperidine rings is 1. The highest BCUT2D eigenvalue weighted by Crippen LogP contribution is 2.21. The molecule has 1 aliphatic rings. The molecule has 3 rings (SSSR count). The third-order valence-corrected chi connectivity index (χ3v) is 4.25. The van der Waals surface area contributed by atoms with E-state index in [1.54, 1.807) is 18.3 Å². The number of ether oxygens (including phenoxy) is 2. The highest BCUT2D eigenvalue weighted by Gasteiger charge is 2.26. The molecule has 0 aliphatic carbocycles. The molecule has 126 valence electrons. The molecule has 2 heterocycles. The first-order valence-electron chi connectivity index (χ1n) is 8.21. The van der Waals surface area contributed by atoms with E-state index >= 15 is 0 Å². The highest BCUT2D eigenvalue weighted by atomic mass is 16.5. The molecule has 24 heavy (non-hydrogen) atoms. The van der Waals surface area contributed by atoms with Gasteiger partial charge in [-0.25, -0.2) is 4.98 Å². The lowest BCUT2D eigenvalue weighted by molar-refractivity contribution is -0.000448. The van der Waals surface area contributed by atoms with Crippen LogP contribution in [-0.2, 0) is 11.3 Å². The second-order valence-corrected chi connectivity index (χ2v) is 5.85. The smallest absolute Gasteiger partial charge is 0.259 e. The van der Waals surface area contributed by atoms with Gasteiger partial charge in [0.1, 0.15) is 5.56 Å². The number of likely N-dealkylation sites (tertiary alicyclic amines) is 1. The van der Waals surface area contributed by atoms with Crippen molar-refractivity contribution in [3.63, 3.8) is 0 Å². The summed E-state index contributed by atoms with van der Waals surface area (Å²) in [7, 11) is 1.53. The Bertz CT molecular complexity index is 667. The third kappa shape index (κ3) is 3.92. The van der Waals surface area contributed by atoms with E-state index in [1.807, 2.05) is 23.1 Å². The zero-order chi connectivity index (χ0) is 16.8. The minimum atomic E-state index is -0.0264. The van der Waals surface area contributed by atoms with Gasteiger partial charge in [-0.1, -0.05) is 30.3 Å². The second-order valence-electron chi connectivity index (χ2n) is 5.85. The number of rotatable bonds is 5. The molecule has 1 amide bonds. The first-order chi connectivity index (χ1) is 11.8. The van der Waals surface area contributed by atoms with E-state index in [0.29, 0.717) is 31.1 Å². The Balaban J connectivity index is 1.52. The largest absolute Gasteiger partial charge is 0.480 e. The Morgan fingerprint density at radius 1 is 1.17 bits per heavy atom. The van der Waals surface area contributed by atoms with Crippen LogP contribution in [0, 0.1) is 0 Å². The molecule has 0 unspecified atom stereocenters. The van der Waals surface area contributed by atoms with Gasteiger partial charge in [-0.3, -0.25) is 4.79 Å². The number of methoxy groups -OCH3 is 1. The summed E-state index contributed by atoms with van der Waals surface area (Å²) in [6.07, 6.45) is 3.52. The molecule has 1 aliphatic heterocycles. The van der Waals surface area contributed by atoms with Crippen LogP contribution in [0.15, 0.2) is 48.7 Å². The lowest BCUT2D eigenvalue weighted by atomic mass is 10.1. The van der Waals surface area contributed by atoms with Crippen molar-refractivity contribution in [3.8, 4) is 5.88 Å². The van der Waals surface area contributed by atoms with Crippen LogP contribution in [0.2, 0.25) is 0 Å². The Hall–Kier alpha value is -2.40. The van der Waals surface area contributed by atoms with Crippen molar-refractivity contribution in [2.75, 3.05) is 20.2 Å². The van der Waals surface area contributed by atoms with Crippen molar-refractivity contribution in [2.45, 2.75) is 25.6 Å². The van der Waals surface area contributed by atoms with Gasteiger partial charge in [0.25, 0.3) is 5.91 Å². The molecule has 0 saturated carbocycles. The first-order valence-corrected chi connectivity index (χ1v) is 8.21.